The smallest absolute Gasteiger partial charge is 0.371 e. The lowest BCUT2D eigenvalue weighted by molar-refractivity contribution is 0.200. The van der Waals surface area contributed by atoms with Gasteiger partial charge in [0.05, 0.1) is 21.3 Å². The zero-order valence-electron chi connectivity index (χ0n) is 8.77. The van der Waals surface area contributed by atoms with Gasteiger partial charge in [-0.2, -0.15) is 0 Å². The second kappa shape index (κ2) is 5.50. The molecule has 82 valence electrons. The first kappa shape index (κ1) is 11.7. The summed E-state index contributed by atoms with van der Waals surface area (Å²) in [6.07, 6.45) is 0. The molecule has 0 spiro atoms. The van der Waals surface area contributed by atoms with Gasteiger partial charge in [-0.15, -0.1) is 0 Å². The van der Waals surface area contributed by atoms with Crippen molar-refractivity contribution in [3.05, 3.63) is 18.2 Å². The monoisotopic (exact) mass is 228 g/mol. The predicted molar refractivity (Wildman–Crippen MR) is 57.8 cm³/mol. The molecule has 0 saturated heterocycles. The molecule has 0 aliphatic heterocycles. The lowest BCUT2D eigenvalue weighted by atomic mass is 10.3. The van der Waals surface area contributed by atoms with Gasteiger partial charge in [0, 0.05) is 4.90 Å². The zero-order chi connectivity index (χ0) is 11.3. The highest BCUT2D eigenvalue weighted by atomic mass is 32.2. The fraction of sp³-hybridized carbons (Fsp3) is 0.300. The van der Waals surface area contributed by atoms with E-state index < -0.39 is 0 Å². The summed E-state index contributed by atoms with van der Waals surface area (Å²) in [4.78, 5) is 11.8. The maximum atomic E-state index is 11.0. The van der Waals surface area contributed by atoms with Gasteiger partial charge in [-0.1, -0.05) is 0 Å². The second-order valence-corrected chi connectivity index (χ2v) is 3.58. The molecule has 4 nitrogen and oxygen atoms in total. The van der Waals surface area contributed by atoms with E-state index >= 15 is 0 Å². The Hall–Kier alpha value is -1.36. The van der Waals surface area contributed by atoms with Crippen molar-refractivity contribution in [2.75, 3.05) is 21.3 Å². The summed E-state index contributed by atoms with van der Waals surface area (Å²) in [6, 6.07) is 5.23. The maximum absolute atomic E-state index is 11.0. The molecule has 5 heteroatoms. The highest BCUT2D eigenvalue weighted by Crippen LogP contribution is 2.32. The highest BCUT2D eigenvalue weighted by molar-refractivity contribution is 8.13. The van der Waals surface area contributed by atoms with Crippen molar-refractivity contribution in [2.45, 2.75) is 4.90 Å². The topological polar surface area (TPSA) is 44.8 Å². The van der Waals surface area contributed by atoms with Crippen LogP contribution in [0.3, 0.4) is 0 Å². The number of carbonyl (C=O) groups is 1. The number of ether oxygens (including phenoxy) is 3. The van der Waals surface area contributed by atoms with Gasteiger partial charge in [0.25, 0.3) is 0 Å². The minimum absolute atomic E-state index is 0.359. The van der Waals surface area contributed by atoms with E-state index in [0.717, 1.165) is 16.7 Å². The molecule has 0 bridgehead atoms. The molecule has 15 heavy (non-hydrogen) atoms. The largest absolute Gasteiger partial charge is 0.493 e. The van der Waals surface area contributed by atoms with Gasteiger partial charge in [0.1, 0.15) is 0 Å². The molecule has 0 N–H and O–H groups in total. The number of methoxy groups -OCH3 is 3. The maximum Gasteiger partial charge on any atom is 0.371 e. The Kier molecular flexibility index (Phi) is 4.30. The second-order valence-electron chi connectivity index (χ2n) is 2.57. The molecule has 0 aliphatic rings. The summed E-state index contributed by atoms with van der Waals surface area (Å²) in [5.41, 5.74) is 0. The first-order valence-corrected chi connectivity index (χ1v) is 5.00. The molecule has 0 aliphatic carbocycles. The number of benzene rings is 1. The van der Waals surface area contributed by atoms with Crippen molar-refractivity contribution in [3.63, 3.8) is 0 Å². The summed E-state index contributed by atoms with van der Waals surface area (Å²) in [7, 11) is 4.45. The lowest BCUT2D eigenvalue weighted by Gasteiger charge is -2.08. The van der Waals surface area contributed by atoms with Gasteiger partial charge >= 0.3 is 5.30 Å². The average Bonchev–Trinajstić information content (AvgIpc) is 2.28. The molecule has 1 aromatic carbocycles. The van der Waals surface area contributed by atoms with Crippen LogP contribution in [0, 0.1) is 0 Å². The molecule has 0 radical (unpaired) electrons. The Morgan fingerprint density at radius 1 is 1.13 bits per heavy atom. The standard InChI is InChI=1S/C10H12O4S/c1-12-8-5-4-7(6-9(8)13-2)15-10(11)14-3/h4-6H,1-3H3. The van der Waals surface area contributed by atoms with Crippen LogP contribution in [0.4, 0.5) is 4.79 Å². The molecule has 1 aromatic rings. The molecule has 0 unspecified atom stereocenters. The fourth-order valence-electron chi connectivity index (χ4n) is 1.02. The Bertz CT molecular complexity index is 351. The summed E-state index contributed by atoms with van der Waals surface area (Å²) in [5, 5.41) is -0.359. The van der Waals surface area contributed by atoms with Gasteiger partial charge < -0.3 is 14.2 Å². The number of thioether (sulfide) groups is 1. The van der Waals surface area contributed by atoms with Crippen molar-refractivity contribution in [2.24, 2.45) is 0 Å². The van der Waals surface area contributed by atoms with Crippen LogP contribution in [0.15, 0.2) is 23.1 Å². The molecule has 1 rings (SSSR count). The number of rotatable bonds is 3. The molecular formula is C10H12O4S. The Morgan fingerprint density at radius 3 is 2.33 bits per heavy atom. The minimum atomic E-state index is -0.359. The van der Waals surface area contributed by atoms with E-state index in [0.29, 0.717) is 11.5 Å². The van der Waals surface area contributed by atoms with Crippen LogP contribution < -0.4 is 9.47 Å². The average molecular weight is 228 g/mol. The van der Waals surface area contributed by atoms with Gasteiger partial charge in [0.2, 0.25) is 0 Å². The summed E-state index contributed by atoms with van der Waals surface area (Å²) < 4.78 is 14.7. The van der Waals surface area contributed by atoms with Crippen LogP contribution in [0.25, 0.3) is 0 Å². The first-order chi connectivity index (χ1) is 7.21. The van der Waals surface area contributed by atoms with E-state index in [4.69, 9.17) is 9.47 Å². The molecule has 0 heterocycles. The Morgan fingerprint density at radius 2 is 1.80 bits per heavy atom. The first-order valence-electron chi connectivity index (χ1n) is 4.19. The van der Waals surface area contributed by atoms with E-state index in [1.807, 2.05) is 0 Å². The van der Waals surface area contributed by atoms with E-state index in [9.17, 15) is 4.79 Å². The van der Waals surface area contributed by atoms with Crippen molar-refractivity contribution >= 4 is 17.1 Å². The van der Waals surface area contributed by atoms with E-state index in [1.54, 1.807) is 32.4 Å². The molecular weight excluding hydrogens is 216 g/mol. The van der Waals surface area contributed by atoms with Crippen molar-refractivity contribution in [3.8, 4) is 11.5 Å². The molecule has 0 atom stereocenters. The Balaban J connectivity index is 2.88. The SMILES string of the molecule is COC(=O)Sc1ccc(OC)c(OC)c1. The van der Waals surface area contributed by atoms with Gasteiger partial charge in [-0.25, -0.2) is 4.79 Å². The van der Waals surface area contributed by atoms with Crippen LogP contribution in [-0.2, 0) is 4.74 Å². The van der Waals surface area contributed by atoms with E-state index in [2.05, 4.69) is 4.74 Å². The third-order valence-electron chi connectivity index (χ3n) is 1.72. The lowest BCUT2D eigenvalue weighted by Crippen LogP contribution is -1.93. The van der Waals surface area contributed by atoms with Crippen molar-refractivity contribution < 1.29 is 19.0 Å². The van der Waals surface area contributed by atoms with Crippen LogP contribution in [-0.4, -0.2) is 26.6 Å². The van der Waals surface area contributed by atoms with Gasteiger partial charge in [-0.05, 0) is 30.0 Å². The van der Waals surface area contributed by atoms with E-state index in [1.165, 1.54) is 7.11 Å². The molecule has 0 fully saturated rings. The third-order valence-corrected chi connectivity index (χ3v) is 2.55. The minimum Gasteiger partial charge on any atom is -0.493 e. The quantitative estimate of drug-likeness (QED) is 0.587. The van der Waals surface area contributed by atoms with E-state index in [-0.39, 0.29) is 5.30 Å². The van der Waals surface area contributed by atoms with Crippen LogP contribution >= 0.6 is 11.8 Å². The molecule has 0 amide bonds. The third kappa shape index (κ3) is 3.06. The summed E-state index contributed by atoms with van der Waals surface area (Å²) in [6.45, 7) is 0. The normalized spacial score (nSPS) is 9.53. The molecule has 0 aromatic heterocycles. The van der Waals surface area contributed by atoms with Crippen LogP contribution in [0.5, 0.6) is 11.5 Å². The zero-order valence-corrected chi connectivity index (χ0v) is 9.59. The van der Waals surface area contributed by atoms with Gasteiger partial charge in [0.15, 0.2) is 11.5 Å². The summed E-state index contributed by atoms with van der Waals surface area (Å²) >= 11 is 0.996. The number of hydrogen-bond donors (Lipinski definition) is 0. The van der Waals surface area contributed by atoms with Crippen molar-refractivity contribution in [1.82, 2.24) is 0 Å². The number of hydrogen-bond acceptors (Lipinski definition) is 5. The Labute approximate surface area is 92.5 Å². The number of carbonyl (C=O) groups excluding carboxylic acids is 1. The van der Waals surface area contributed by atoms with Crippen molar-refractivity contribution in [1.29, 1.82) is 0 Å². The predicted octanol–water partition coefficient (Wildman–Crippen LogP) is 2.56. The summed E-state index contributed by atoms with van der Waals surface area (Å²) in [5.74, 6) is 1.22. The van der Waals surface area contributed by atoms with Crippen LogP contribution in [0.1, 0.15) is 0 Å². The highest BCUT2D eigenvalue weighted by Gasteiger charge is 2.08. The molecule has 0 saturated carbocycles. The van der Waals surface area contributed by atoms with Gasteiger partial charge in [-0.3, -0.25) is 0 Å². The fourth-order valence-corrected chi connectivity index (χ4v) is 1.60. The van der Waals surface area contributed by atoms with Crippen LogP contribution in [0.2, 0.25) is 0 Å².